The third-order valence-corrected chi connectivity index (χ3v) is 6.93. The van der Waals surface area contributed by atoms with Crippen molar-refractivity contribution in [2.24, 2.45) is 0 Å². The summed E-state index contributed by atoms with van der Waals surface area (Å²) in [5.74, 6) is 0.881. The molecule has 0 unspecified atom stereocenters. The predicted octanol–water partition coefficient (Wildman–Crippen LogP) is 1.14. The Morgan fingerprint density at radius 3 is 2.39 bits per heavy atom. The lowest BCUT2D eigenvalue weighted by Crippen LogP contribution is -3.15. The number of nitriles is 1. The fourth-order valence-corrected chi connectivity index (χ4v) is 5.13. The summed E-state index contributed by atoms with van der Waals surface area (Å²) in [4.78, 5) is 1.42. The van der Waals surface area contributed by atoms with Gasteiger partial charge in [-0.2, -0.15) is 9.57 Å². The highest BCUT2D eigenvalue weighted by Gasteiger charge is 2.31. The fourth-order valence-electron chi connectivity index (χ4n) is 3.55. The molecule has 1 aliphatic heterocycles. The molecule has 1 fully saturated rings. The number of quaternary nitrogens is 1. The lowest BCUT2D eigenvalue weighted by molar-refractivity contribution is -0.903. The first kappa shape index (κ1) is 20.3. The average Bonchev–Trinajstić information content (AvgIpc) is 2.67. The maximum Gasteiger partial charge on any atom is 0.244 e. The maximum absolute atomic E-state index is 12.9. The van der Waals surface area contributed by atoms with Gasteiger partial charge in [0.05, 0.1) is 36.6 Å². The van der Waals surface area contributed by atoms with E-state index in [1.807, 2.05) is 18.2 Å². The SMILES string of the molecule is Cc1cc(C)cc(OCC[NH+]2CCN(S(=O)(=O)c3ccccc3C#N)CC2)c1. The van der Waals surface area contributed by atoms with Gasteiger partial charge in [-0.05, 0) is 49.2 Å². The number of benzene rings is 2. The summed E-state index contributed by atoms with van der Waals surface area (Å²) in [6, 6.07) is 14.5. The molecular formula is C21H26N3O3S+. The third-order valence-electron chi connectivity index (χ3n) is 4.97. The van der Waals surface area contributed by atoms with Crippen molar-refractivity contribution >= 4 is 10.0 Å². The van der Waals surface area contributed by atoms with Gasteiger partial charge in [-0.3, -0.25) is 0 Å². The second kappa shape index (κ2) is 8.74. The maximum atomic E-state index is 12.9. The molecule has 1 saturated heterocycles. The van der Waals surface area contributed by atoms with Crippen LogP contribution in [0, 0.1) is 25.2 Å². The van der Waals surface area contributed by atoms with E-state index in [-0.39, 0.29) is 10.5 Å². The molecule has 148 valence electrons. The zero-order chi connectivity index (χ0) is 20.1. The summed E-state index contributed by atoms with van der Waals surface area (Å²) in [6.07, 6.45) is 0. The van der Waals surface area contributed by atoms with Crippen molar-refractivity contribution in [2.75, 3.05) is 39.3 Å². The average molecular weight is 401 g/mol. The summed E-state index contributed by atoms with van der Waals surface area (Å²) in [6.45, 7) is 7.87. The largest absolute Gasteiger partial charge is 0.488 e. The van der Waals surface area contributed by atoms with Gasteiger partial charge in [-0.1, -0.05) is 18.2 Å². The molecule has 0 amide bonds. The highest BCUT2D eigenvalue weighted by Crippen LogP contribution is 2.19. The standard InChI is InChI=1S/C21H25N3O3S/c1-17-13-18(2)15-20(14-17)27-12-11-23-7-9-24(10-8-23)28(25,26)21-6-4-3-5-19(21)16-22/h3-6,13-15H,7-12H2,1-2H3/p+1. The van der Waals surface area contributed by atoms with Crippen LogP contribution in [0.25, 0.3) is 0 Å². The first-order valence-electron chi connectivity index (χ1n) is 9.44. The van der Waals surface area contributed by atoms with Gasteiger partial charge in [0.15, 0.2) is 0 Å². The molecule has 7 heteroatoms. The number of sulfonamides is 1. The number of hydrogen-bond donors (Lipinski definition) is 1. The second-order valence-corrected chi connectivity index (χ2v) is 9.09. The van der Waals surface area contributed by atoms with Crippen molar-refractivity contribution in [3.63, 3.8) is 0 Å². The number of piperazine rings is 1. The molecule has 3 rings (SSSR count). The van der Waals surface area contributed by atoms with Crippen LogP contribution in [-0.2, 0) is 10.0 Å². The van der Waals surface area contributed by atoms with E-state index in [2.05, 4.69) is 19.9 Å². The van der Waals surface area contributed by atoms with Crippen molar-refractivity contribution in [2.45, 2.75) is 18.7 Å². The molecule has 0 aliphatic carbocycles. The van der Waals surface area contributed by atoms with E-state index < -0.39 is 10.0 Å². The van der Waals surface area contributed by atoms with Crippen LogP contribution < -0.4 is 9.64 Å². The minimum atomic E-state index is -3.63. The zero-order valence-electron chi connectivity index (χ0n) is 16.3. The third kappa shape index (κ3) is 4.71. The number of rotatable bonds is 6. The summed E-state index contributed by atoms with van der Waals surface area (Å²) in [5.41, 5.74) is 2.55. The van der Waals surface area contributed by atoms with Crippen LogP contribution in [0.4, 0.5) is 0 Å². The molecule has 0 aromatic heterocycles. The van der Waals surface area contributed by atoms with Crippen LogP contribution in [0.15, 0.2) is 47.4 Å². The van der Waals surface area contributed by atoms with Gasteiger partial charge in [-0.15, -0.1) is 0 Å². The van der Waals surface area contributed by atoms with Crippen molar-refractivity contribution < 1.29 is 18.1 Å². The van der Waals surface area contributed by atoms with E-state index in [4.69, 9.17) is 4.74 Å². The molecule has 1 N–H and O–H groups in total. The quantitative estimate of drug-likeness (QED) is 0.789. The highest BCUT2D eigenvalue weighted by atomic mass is 32.2. The van der Waals surface area contributed by atoms with Crippen LogP contribution in [-0.4, -0.2) is 52.1 Å². The van der Waals surface area contributed by atoms with Crippen molar-refractivity contribution in [1.82, 2.24) is 4.31 Å². The van der Waals surface area contributed by atoms with Gasteiger partial charge in [0.1, 0.15) is 25.0 Å². The smallest absolute Gasteiger partial charge is 0.244 e. The lowest BCUT2D eigenvalue weighted by Gasteiger charge is -2.31. The van der Waals surface area contributed by atoms with Crippen LogP contribution in [0.5, 0.6) is 5.75 Å². The predicted molar refractivity (Wildman–Crippen MR) is 107 cm³/mol. The van der Waals surface area contributed by atoms with Gasteiger partial charge in [0, 0.05) is 0 Å². The van der Waals surface area contributed by atoms with E-state index in [1.165, 1.54) is 26.4 Å². The number of nitrogens with one attached hydrogen (secondary N) is 1. The monoisotopic (exact) mass is 400 g/mol. The molecule has 28 heavy (non-hydrogen) atoms. The molecule has 6 nitrogen and oxygen atoms in total. The molecule has 2 aromatic rings. The zero-order valence-corrected chi connectivity index (χ0v) is 17.1. The first-order chi connectivity index (χ1) is 13.4. The van der Waals surface area contributed by atoms with Crippen LogP contribution in [0.1, 0.15) is 16.7 Å². The minimum absolute atomic E-state index is 0.0964. The molecule has 0 spiro atoms. The first-order valence-corrected chi connectivity index (χ1v) is 10.9. The summed E-state index contributed by atoms with van der Waals surface area (Å²) in [5, 5.41) is 9.20. The number of hydrogen-bond acceptors (Lipinski definition) is 4. The topological polar surface area (TPSA) is 74.8 Å². The Morgan fingerprint density at radius 1 is 1.11 bits per heavy atom. The fraction of sp³-hybridized carbons (Fsp3) is 0.381. The molecule has 1 heterocycles. The Balaban J connectivity index is 1.53. The van der Waals surface area contributed by atoms with E-state index >= 15 is 0 Å². The highest BCUT2D eigenvalue weighted by molar-refractivity contribution is 7.89. The van der Waals surface area contributed by atoms with E-state index in [9.17, 15) is 13.7 Å². The van der Waals surface area contributed by atoms with Gasteiger partial charge < -0.3 is 9.64 Å². The van der Waals surface area contributed by atoms with Crippen LogP contribution in [0.2, 0.25) is 0 Å². The van der Waals surface area contributed by atoms with Crippen molar-refractivity contribution in [1.29, 1.82) is 5.26 Å². The number of ether oxygens (including phenoxy) is 1. The van der Waals surface area contributed by atoms with Crippen LogP contribution in [0.3, 0.4) is 0 Å². The summed E-state index contributed by atoms with van der Waals surface area (Å²) < 4.78 is 33.1. The number of aryl methyl sites for hydroxylation is 2. The molecule has 1 aliphatic rings. The van der Waals surface area contributed by atoms with Gasteiger partial charge in [0.25, 0.3) is 0 Å². The normalized spacial score (nSPS) is 15.9. The molecular weight excluding hydrogens is 374 g/mol. The van der Waals surface area contributed by atoms with E-state index in [0.29, 0.717) is 19.7 Å². The summed E-state index contributed by atoms with van der Waals surface area (Å²) >= 11 is 0. The molecule has 2 aromatic carbocycles. The Labute approximate surface area is 167 Å². The Morgan fingerprint density at radius 2 is 1.75 bits per heavy atom. The summed E-state index contributed by atoms with van der Waals surface area (Å²) in [7, 11) is -3.63. The Bertz CT molecular complexity index is 954. The Kier molecular flexibility index (Phi) is 6.35. The molecule has 0 radical (unpaired) electrons. The minimum Gasteiger partial charge on any atom is -0.488 e. The molecule has 0 saturated carbocycles. The van der Waals surface area contributed by atoms with Gasteiger partial charge in [-0.25, -0.2) is 8.42 Å². The Hall–Kier alpha value is -2.40. The second-order valence-electron chi connectivity index (χ2n) is 7.18. The molecule has 0 atom stereocenters. The van der Waals surface area contributed by atoms with Gasteiger partial charge in [0.2, 0.25) is 10.0 Å². The molecule has 0 bridgehead atoms. The van der Waals surface area contributed by atoms with E-state index in [1.54, 1.807) is 18.2 Å². The van der Waals surface area contributed by atoms with Crippen molar-refractivity contribution in [3.8, 4) is 11.8 Å². The van der Waals surface area contributed by atoms with Crippen molar-refractivity contribution in [3.05, 3.63) is 59.2 Å². The van der Waals surface area contributed by atoms with Gasteiger partial charge >= 0.3 is 0 Å². The van der Waals surface area contributed by atoms with E-state index in [0.717, 1.165) is 25.4 Å². The lowest BCUT2D eigenvalue weighted by atomic mass is 10.1. The van der Waals surface area contributed by atoms with Crippen LogP contribution >= 0.6 is 0 Å². The number of nitrogens with zero attached hydrogens (tertiary/aromatic N) is 2.